The number of nitrogens with one attached hydrogen (secondary N) is 1. The lowest BCUT2D eigenvalue weighted by atomic mass is 9.67. The van der Waals surface area contributed by atoms with Crippen LogP contribution in [0, 0.1) is 0 Å². The molecular formula is C21H33N3O4. The lowest BCUT2D eigenvalue weighted by Gasteiger charge is -2.41. The molecule has 0 atom stereocenters. The van der Waals surface area contributed by atoms with Gasteiger partial charge in [-0.15, -0.1) is 0 Å². The molecule has 28 heavy (non-hydrogen) atoms. The molecule has 1 fully saturated rings. The lowest BCUT2D eigenvalue weighted by Crippen LogP contribution is -2.48. The molecule has 0 spiro atoms. The van der Waals surface area contributed by atoms with Gasteiger partial charge in [-0.05, 0) is 38.2 Å². The molecule has 1 aliphatic rings. The Balaban J connectivity index is 2.09. The SMILES string of the molecule is CCONC(=NC)C1(c2ccccc2)CCC(OC(=O)N(C)CCOC)CC1. The van der Waals surface area contributed by atoms with Gasteiger partial charge in [0.25, 0.3) is 0 Å². The third-order valence-corrected chi connectivity index (χ3v) is 5.31. The molecule has 7 heteroatoms. The van der Waals surface area contributed by atoms with E-state index >= 15 is 0 Å². The van der Waals surface area contributed by atoms with Crippen LogP contribution in [0.15, 0.2) is 35.3 Å². The summed E-state index contributed by atoms with van der Waals surface area (Å²) < 4.78 is 10.7. The van der Waals surface area contributed by atoms with Crippen LogP contribution in [0.3, 0.4) is 0 Å². The van der Waals surface area contributed by atoms with Gasteiger partial charge in [0, 0.05) is 27.7 Å². The summed E-state index contributed by atoms with van der Waals surface area (Å²) in [5.74, 6) is 0.822. The highest BCUT2D eigenvalue weighted by Gasteiger charge is 2.42. The van der Waals surface area contributed by atoms with Crippen LogP contribution in [-0.2, 0) is 19.7 Å². The van der Waals surface area contributed by atoms with Crippen LogP contribution in [0.4, 0.5) is 4.79 Å². The number of amides is 1. The Morgan fingerprint density at radius 2 is 1.96 bits per heavy atom. The summed E-state index contributed by atoms with van der Waals surface area (Å²) in [5, 5.41) is 0. The zero-order valence-corrected chi connectivity index (χ0v) is 17.4. The molecular weight excluding hydrogens is 358 g/mol. The summed E-state index contributed by atoms with van der Waals surface area (Å²) in [7, 11) is 5.13. The maximum absolute atomic E-state index is 12.3. The Labute approximate surface area is 168 Å². The average Bonchev–Trinajstić information content (AvgIpc) is 2.74. The first kappa shape index (κ1) is 22.2. The molecule has 0 saturated heterocycles. The molecule has 156 valence electrons. The van der Waals surface area contributed by atoms with E-state index in [9.17, 15) is 4.79 Å². The van der Waals surface area contributed by atoms with Crippen molar-refractivity contribution in [1.29, 1.82) is 0 Å². The van der Waals surface area contributed by atoms with Crippen molar-refractivity contribution < 1.29 is 19.1 Å². The van der Waals surface area contributed by atoms with Gasteiger partial charge in [-0.1, -0.05) is 30.3 Å². The number of hydroxylamine groups is 1. The van der Waals surface area contributed by atoms with Crippen LogP contribution in [0.5, 0.6) is 0 Å². The summed E-state index contributed by atoms with van der Waals surface area (Å²) in [6.07, 6.45) is 2.79. The number of hydrogen-bond donors (Lipinski definition) is 1. The second-order valence-corrected chi connectivity index (χ2v) is 7.05. The van der Waals surface area contributed by atoms with Gasteiger partial charge in [0.1, 0.15) is 11.9 Å². The standard InChI is InChI=1S/C21H33N3O4/c1-5-27-23-19(22-2)21(17-9-7-6-8-10-17)13-11-18(12-14-21)28-20(25)24(3)15-16-26-4/h6-10,18H,5,11-16H2,1-4H3,(H,22,23). The van der Waals surface area contributed by atoms with Gasteiger partial charge < -0.3 is 14.4 Å². The summed E-state index contributed by atoms with van der Waals surface area (Å²) in [4.78, 5) is 23.8. The molecule has 0 unspecified atom stereocenters. The summed E-state index contributed by atoms with van der Waals surface area (Å²) in [6, 6.07) is 10.4. The second-order valence-electron chi connectivity index (χ2n) is 7.05. The predicted molar refractivity (Wildman–Crippen MR) is 109 cm³/mol. The molecule has 2 rings (SSSR count). The number of likely N-dealkylation sites (N-methyl/N-ethyl adjacent to an activating group) is 1. The fourth-order valence-electron chi connectivity index (χ4n) is 3.67. The van der Waals surface area contributed by atoms with E-state index in [0.717, 1.165) is 31.5 Å². The van der Waals surface area contributed by atoms with Gasteiger partial charge >= 0.3 is 6.09 Å². The van der Waals surface area contributed by atoms with E-state index in [1.54, 1.807) is 26.1 Å². The zero-order chi connectivity index (χ0) is 20.4. The number of aliphatic imine (C=N–C) groups is 1. The molecule has 0 bridgehead atoms. The molecule has 1 saturated carbocycles. The minimum Gasteiger partial charge on any atom is -0.446 e. The summed E-state index contributed by atoms with van der Waals surface area (Å²) in [6.45, 7) is 3.50. The lowest BCUT2D eigenvalue weighted by molar-refractivity contribution is 0.0362. The van der Waals surface area contributed by atoms with Crippen molar-refractivity contribution in [2.75, 3.05) is 41.0 Å². The minimum absolute atomic E-state index is 0.0977. The number of methoxy groups -OCH3 is 1. The van der Waals surface area contributed by atoms with Crippen LogP contribution in [0.25, 0.3) is 0 Å². The van der Waals surface area contributed by atoms with E-state index in [0.29, 0.717) is 19.8 Å². The molecule has 1 aromatic carbocycles. The van der Waals surface area contributed by atoms with Crippen molar-refractivity contribution >= 4 is 11.9 Å². The van der Waals surface area contributed by atoms with Crippen molar-refractivity contribution in [2.45, 2.75) is 44.1 Å². The Morgan fingerprint density at radius 1 is 1.29 bits per heavy atom. The first-order chi connectivity index (χ1) is 13.6. The molecule has 1 N–H and O–H groups in total. The van der Waals surface area contributed by atoms with Crippen molar-refractivity contribution in [3.63, 3.8) is 0 Å². The third-order valence-electron chi connectivity index (χ3n) is 5.31. The second kappa shape index (κ2) is 11.0. The molecule has 0 aromatic heterocycles. The molecule has 1 aliphatic carbocycles. The van der Waals surface area contributed by atoms with Crippen LogP contribution < -0.4 is 5.48 Å². The number of ether oxygens (including phenoxy) is 2. The van der Waals surface area contributed by atoms with Crippen molar-refractivity contribution in [3.05, 3.63) is 35.9 Å². The van der Waals surface area contributed by atoms with Gasteiger partial charge in [-0.2, -0.15) is 0 Å². The number of amidine groups is 1. The van der Waals surface area contributed by atoms with Crippen molar-refractivity contribution in [3.8, 4) is 0 Å². The minimum atomic E-state index is -0.300. The highest BCUT2D eigenvalue weighted by atomic mass is 16.6. The zero-order valence-electron chi connectivity index (χ0n) is 17.4. The number of carbonyl (C=O) groups excluding carboxylic acids is 1. The molecule has 0 aliphatic heterocycles. The van der Waals surface area contributed by atoms with Gasteiger partial charge in [0.15, 0.2) is 0 Å². The van der Waals surface area contributed by atoms with Gasteiger partial charge in [0.05, 0.1) is 18.6 Å². The maximum Gasteiger partial charge on any atom is 0.409 e. The Morgan fingerprint density at radius 3 is 2.54 bits per heavy atom. The monoisotopic (exact) mass is 391 g/mol. The van der Waals surface area contributed by atoms with Crippen LogP contribution in [0.1, 0.15) is 38.2 Å². The fourth-order valence-corrected chi connectivity index (χ4v) is 3.67. The third kappa shape index (κ3) is 5.45. The largest absolute Gasteiger partial charge is 0.446 e. The molecule has 1 amide bonds. The molecule has 1 aromatic rings. The first-order valence-electron chi connectivity index (χ1n) is 9.88. The van der Waals surface area contributed by atoms with E-state index in [1.165, 1.54) is 5.56 Å². The van der Waals surface area contributed by atoms with E-state index < -0.39 is 0 Å². The average molecular weight is 392 g/mol. The summed E-state index contributed by atoms with van der Waals surface area (Å²) >= 11 is 0. The molecule has 0 heterocycles. The quantitative estimate of drug-likeness (QED) is 0.419. The van der Waals surface area contributed by atoms with E-state index in [-0.39, 0.29) is 17.6 Å². The van der Waals surface area contributed by atoms with Crippen LogP contribution in [-0.4, -0.2) is 63.9 Å². The number of nitrogens with zero attached hydrogens (tertiary/aromatic N) is 2. The number of rotatable bonds is 8. The first-order valence-corrected chi connectivity index (χ1v) is 9.88. The van der Waals surface area contributed by atoms with Crippen molar-refractivity contribution in [1.82, 2.24) is 10.4 Å². The maximum atomic E-state index is 12.3. The molecule has 7 nitrogen and oxygen atoms in total. The van der Waals surface area contributed by atoms with Crippen LogP contribution >= 0.6 is 0 Å². The molecule has 0 radical (unpaired) electrons. The van der Waals surface area contributed by atoms with E-state index in [1.807, 2.05) is 25.1 Å². The van der Waals surface area contributed by atoms with Gasteiger partial charge in [0.2, 0.25) is 0 Å². The predicted octanol–water partition coefficient (Wildman–Crippen LogP) is 3.15. The van der Waals surface area contributed by atoms with Gasteiger partial charge in [-0.3, -0.25) is 15.3 Å². The normalized spacial score (nSPS) is 22.6. The Hall–Kier alpha value is -2.12. The van der Waals surface area contributed by atoms with E-state index in [4.69, 9.17) is 14.3 Å². The fraction of sp³-hybridized carbons (Fsp3) is 0.619. The van der Waals surface area contributed by atoms with E-state index in [2.05, 4.69) is 22.6 Å². The number of benzene rings is 1. The van der Waals surface area contributed by atoms with Crippen molar-refractivity contribution in [2.24, 2.45) is 4.99 Å². The highest BCUT2D eigenvalue weighted by molar-refractivity contribution is 5.92. The van der Waals surface area contributed by atoms with Gasteiger partial charge in [-0.25, -0.2) is 4.79 Å². The number of carbonyl (C=O) groups is 1. The highest BCUT2D eigenvalue weighted by Crippen LogP contribution is 2.41. The Kier molecular flexibility index (Phi) is 8.73. The number of hydrogen-bond acceptors (Lipinski definition) is 5. The topological polar surface area (TPSA) is 72.4 Å². The summed E-state index contributed by atoms with van der Waals surface area (Å²) in [5.41, 5.74) is 3.98. The Bertz CT molecular complexity index is 628. The smallest absolute Gasteiger partial charge is 0.409 e. The van der Waals surface area contributed by atoms with Crippen LogP contribution in [0.2, 0.25) is 0 Å².